The largest absolute Gasteiger partial charge is 0.272 e. The zero-order valence-electron chi connectivity index (χ0n) is 13.9. The van der Waals surface area contributed by atoms with Crippen molar-refractivity contribution in [3.8, 4) is 0 Å². The van der Waals surface area contributed by atoms with Gasteiger partial charge in [-0.15, -0.1) is 0 Å². The molecule has 6 rings (SSSR count). The molecular formula is C20H26N2O. The lowest BCUT2D eigenvalue weighted by atomic mass is 9.54. The van der Waals surface area contributed by atoms with Crippen LogP contribution < -0.4 is 0 Å². The van der Waals surface area contributed by atoms with Crippen molar-refractivity contribution in [2.75, 3.05) is 6.54 Å². The standard InChI is InChI=1S/C20H26N2O/c1-13-2-4-14(5-3-13)11-21-12-19(23)22(21)20-17-7-15-6-16(9-17)10-18(20)8-15/h2-5,15-18,20H,6-12H2,1H3. The van der Waals surface area contributed by atoms with Gasteiger partial charge < -0.3 is 0 Å². The summed E-state index contributed by atoms with van der Waals surface area (Å²) in [6, 6.07) is 9.25. The molecule has 0 spiro atoms. The second kappa shape index (κ2) is 5.07. The fraction of sp³-hybridized carbons (Fsp3) is 0.650. The van der Waals surface area contributed by atoms with Crippen LogP contribution in [-0.4, -0.2) is 28.5 Å². The quantitative estimate of drug-likeness (QED) is 0.854. The van der Waals surface area contributed by atoms with Crippen molar-refractivity contribution in [3.05, 3.63) is 35.4 Å². The maximum absolute atomic E-state index is 12.4. The molecule has 1 saturated heterocycles. The fourth-order valence-electron chi connectivity index (χ4n) is 6.07. The number of benzene rings is 1. The zero-order chi connectivity index (χ0) is 15.6. The van der Waals surface area contributed by atoms with E-state index in [4.69, 9.17) is 0 Å². The SMILES string of the molecule is Cc1ccc(CN2CC(=O)N2C2C3CC4CC(C3)CC2C4)cc1. The lowest BCUT2D eigenvalue weighted by Crippen LogP contribution is -2.70. The van der Waals surface area contributed by atoms with Crippen molar-refractivity contribution in [1.29, 1.82) is 0 Å². The van der Waals surface area contributed by atoms with E-state index in [1.165, 1.54) is 43.2 Å². The van der Waals surface area contributed by atoms with Crippen LogP contribution in [0.1, 0.15) is 43.2 Å². The number of carbonyl (C=O) groups excluding carboxylic acids is 1. The van der Waals surface area contributed by atoms with Crippen LogP contribution in [0.25, 0.3) is 0 Å². The van der Waals surface area contributed by atoms with Gasteiger partial charge in [-0.3, -0.25) is 9.80 Å². The van der Waals surface area contributed by atoms with Crippen LogP contribution >= 0.6 is 0 Å². The highest BCUT2D eigenvalue weighted by Gasteiger charge is 2.54. The Kier molecular flexibility index (Phi) is 3.09. The Morgan fingerprint density at radius 3 is 2.13 bits per heavy atom. The van der Waals surface area contributed by atoms with Crippen molar-refractivity contribution in [1.82, 2.24) is 10.0 Å². The normalized spacial score (nSPS) is 38.9. The molecule has 1 aromatic rings. The minimum absolute atomic E-state index is 0.356. The molecule has 23 heavy (non-hydrogen) atoms. The average molecular weight is 310 g/mol. The van der Waals surface area contributed by atoms with E-state index in [-0.39, 0.29) is 0 Å². The third-order valence-corrected chi connectivity index (χ3v) is 6.82. The van der Waals surface area contributed by atoms with Gasteiger partial charge in [-0.2, -0.15) is 0 Å². The number of hydrazine groups is 1. The molecule has 1 amide bonds. The number of nitrogens with zero attached hydrogens (tertiary/aromatic N) is 2. The molecule has 4 bridgehead atoms. The van der Waals surface area contributed by atoms with Gasteiger partial charge in [-0.1, -0.05) is 29.8 Å². The second-order valence-corrected chi connectivity index (χ2v) is 8.47. The van der Waals surface area contributed by atoms with E-state index in [9.17, 15) is 4.79 Å². The molecule has 0 aromatic heterocycles. The minimum Gasteiger partial charge on any atom is -0.272 e. The number of rotatable bonds is 3. The monoisotopic (exact) mass is 310 g/mol. The van der Waals surface area contributed by atoms with Gasteiger partial charge in [0.05, 0.1) is 12.6 Å². The van der Waals surface area contributed by atoms with Crippen molar-refractivity contribution in [2.45, 2.75) is 51.6 Å². The summed E-state index contributed by atoms with van der Waals surface area (Å²) in [6.07, 6.45) is 6.97. The summed E-state index contributed by atoms with van der Waals surface area (Å²) < 4.78 is 0. The van der Waals surface area contributed by atoms with Crippen LogP contribution in [0.3, 0.4) is 0 Å². The molecule has 5 fully saturated rings. The Balaban J connectivity index is 1.35. The molecule has 0 radical (unpaired) electrons. The van der Waals surface area contributed by atoms with Gasteiger partial charge in [0, 0.05) is 6.54 Å². The maximum atomic E-state index is 12.4. The van der Waals surface area contributed by atoms with Gasteiger partial charge in [0.1, 0.15) is 0 Å². The fourth-order valence-corrected chi connectivity index (χ4v) is 6.07. The van der Waals surface area contributed by atoms with Gasteiger partial charge in [0.15, 0.2) is 0 Å². The number of aryl methyl sites for hydroxylation is 1. The van der Waals surface area contributed by atoms with Crippen LogP contribution in [0.2, 0.25) is 0 Å². The topological polar surface area (TPSA) is 23.6 Å². The number of hydrogen-bond acceptors (Lipinski definition) is 2. The molecule has 1 aromatic carbocycles. The molecule has 1 heterocycles. The third-order valence-electron chi connectivity index (χ3n) is 6.82. The Labute approximate surface area is 138 Å². The van der Waals surface area contributed by atoms with E-state index < -0.39 is 0 Å². The predicted molar refractivity (Wildman–Crippen MR) is 89.3 cm³/mol. The Hall–Kier alpha value is -1.35. The molecular weight excluding hydrogens is 284 g/mol. The minimum atomic E-state index is 0.356. The number of carbonyl (C=O) groups is 1. The summed E-state index contributed by atoms with van der Waals surface area (Å²) in [4.78, 5) is 12.4. The number of amides is 1. The second-order valence-electron chi connectivity index (χ2n) is 8.47. The van der Waals surface area contributed by atoms with Crippen molar-refractivity contribution >= 4 is 5.91 Å². The van der Waals surface area contributed by atoms with Crippen molar-refractivity contribution in [3.63, 3.8) is 0 Å². The molecule has 4 aliphatic carbocycles. The van der Waals surface area contributed by atoms with Crippen molar-refractivity contribution < 1.29 is 4.79 Å². The molecule has 5 aliphatic rings. The predicted octanol–water partition coefficient (Wildman–Crippen LogP) is 3.38. The van der Waals surface area contributed by atoms with Crippen LogP contribution in [0.4, 0.5) is 0 Å². The lowest BCUT2D eigenvalue weighted by Gasteiger charge is -2.61. The lowest BCUT2D eigenvalue weighted by molar-refractivity contribution is -0.213. The first-order valence-electron chi connectivity index (χ1n) is 9.30. The molecule has 4 saturated carbocycles. The van der Waals surface area contributed by atoms with E-state index in [0.717, 1.165) is 30.2 Å². The van der Waals surface area contributed by atoms with Gasteiger partial charge in [0.25, 0.3) is 5.91 Å². The number of hydrogen-bond donors (Lipinski definition) is 0. The third kappa shape index (κ3) is 2.24. The van der Waals surface area contributed by atoms with E-state index in [1.54, 1.807) is 0 Å². The molecule has 3 nitrogen and oxygen atoms in total. The Bertz CT molecular complexity index is 595. The molecule has 0 N–H and O–H groups in total. The Morgan fingerprint density at radius 1 is 0.957 bits per heavy atom. The van der Waals surface area contributed by atoms with Crippen LogP contribution in [0.5, 0.6) is 0 Å². The van der Waals surface area contributed by atoms with Gasteiger partial charge in [-0.05, 0) is 68.3 Å². The highest BCUT2D eigenvalue weighted by molar-refractivity contribution is 5.82. The summed E-state index contributed by atoms with van der Waals surface area (Å²) >= 11 is 0. The molecule has 122 valence electrons. The van der Waals surface area contributed by atoms with Gasteiger partial charge in [0.2, 0.25) is 0 Å². The first kappa shape index (κ1) is 14.0. The highest BCUT2D eigenvalue weighted by atomic mass is 16.2. The molecule has 1 aliphatic heterocycles. The first-order valence-corrected chi connectivity index (χ1v) is 9.30. The van der Waals surface area contributed by atoms with Gasteiger partial charge in [-0.25, -0.2) is 5.01 Å². The van der Waals surface area contributed by atoms with E-state index in [0.29, 0.717) is 18.5 Å². The average Bonchev–Trinajstić information content (AvgIpc) is 2.51. The highest BCUT2D eigenvalue weighted by Crippen LogP contribution is 2.55. The molecule has 0 atom stereocenters. The van der Waals surface area contributed by atoms with Crippen LogP contribution in [0.15, 0.2) is 24.3 Å². The smallest absolute Gasteiger partial charge is 0.253 e. The summed E-state index contributed by atoms with van der Waals surface area (Å²) in [5, 5.41) is 4.48. The molecule has 0 unspecified atom stereocenters. The van der Waals surface area contributed by atoms with E-state index in [1.807, 2.05) is 0 Å². The van der Waals surface area contributed by atoms with E-state index >= 15 is 0 Å². The summed E-state index contributed by atoms with van der Waals surface area (Å²) in [5.74, 6) is 3.84. The Morgan fingerprint density at radius 2 is 1.57 bits per heavy atom. The van der Waals surface area contributed by atoms with Crippen molar-refractivity contribution in [2.24, 2.45) is 23.7 Å². The summed E-state index contributed by atoms with van der Waals surface area (Å²) in [7, 11) is 0. The van der Waals surface area contributed by atoms with E-state index in [2.05, 4.69) is 41.2 Å². The van der Waals surface area contributed by atoms with Gasteiger partial charge >= 0.3 is 0 Å². The first-order chi connectivity index (χ1) is 11.2. The summed E-state index contributed by atoms with van der Waals surface area (Å²) in [5.41, 5.74) is 2.61. The zero-order valence-corrected chi connectivity index (χ0v) is 13.9. The maximum Gasteiger partial charge on any atom is 0.253 e. The van der Waals surface area contributed by atoms with Crippen LogP contribution in [-0.2, 0) is 11.3 Å². The molecule has 3 heteroatoms. The summed E-state index contributed by atoms with van der Waals surface area (Å²) in [6.45, 7) is 3.61. The van der Waals surface area contributed by atoms with Crippen LogP contribution in [0, 0.1) is 30.6 Å².